The summed E-state index contributed by atoms with van der Waals surface area (Å²) in [7, 11) is 0. The lowest BCUT2D eigenvalue weighted by Crippen LogP contribution is -2.25. The molecule has 0 aromatic carbocycles. The minimum atomic E-state index is 0.192. The van der Waals surface area contributed by atoms with Crippen LogP contribution in [0.4, 0.5) is 10.9 Å². The Kier molecular flexibility index (Phi) is 5.02. The number of pyridine rings is 3. The van der Waals surface area contributed by atoms with Crippen LogP contribution in [-0.4, -0.2) is 39.3 Å². The van der Waals surface area contributed by atoms with E-state index >= 15 is 0 Å². The molecule has 1 fully saturated rings. The summed E-state index contributed by atoms with van der Waals surface area (Å²) in [5, 5.41) is 4.02. The van der Waals surface area contributed by atoms with E-state index in [1.807, 2.05) is 36.4 Å². The summed E-state index contributed by atoms with van der Waals surface area (Å²) in [4.78, 5) is 18.7. The molecule has 5 heterocycles. The summed E-state index contributed by atoms with van der Waals surface area (Å²) >= 11 is 1.50. The van der Waals surface area contributed by atoms with Gasteiger partial charge in [-0.05, 0) is 30.3 Å². The zero-order valence-corrected chi connectivity index (χ0v) is 16.4. The predicted molar refractivity (Wildman–Crippen MR) is 113 cm³/mol. The molecule has 0 amide bonds. The van der Waals surface area contributed by atoms with Gasteiger partial charge in [-0.15, -0.1) is 0 Å². The Morgan fingerprint density at radius 3 is 2.72 bits per heavy atom. The fourth-order valence-electron chi connectivity index (χ4n) is 3.20. The topological polar surface area (TPSA) is 82.1 Å². The number of hydrogen-bond acceptors (Lipinski definition) is 8. The summed E-state index contributed by atoms with van der Waals surface area (Å²) in [5.74, 6) is 1.50. The van der Waals surface area contributed by atoms with Crippen LogP contribution in [0, 0.1) is 0 Å². The second-order valence-corrected chi connectivity index (χ2v) is 7.68. The van der Waals surface area contributed by atoms with Crippen LogP contribution in [0.1, 0.15) is 12.8 Å². The van der Waals surface area contributed by atoms with E-state index in [0.29, 0.717) is 5.82 Å². The van der Waals surface area contributed by atoms with Crippen molar-refractivity contribution in [3.63, 3.8) is 0 Å². The van der Waals surface area contributed by atoms with Crippen molar-refractivity contribution in [2.45, 2.75) is 18.9 Å². The Labute approximate surface area is 171 Å². The van der Waals surface area contributed by atoms with Gasteiger partial charge in [0.05, 0.1) is 18.9 Å². The molecule has 0 spiro atoms. The third-order valence-corrected chi connectivity index (χ3v) is 5.55. The Morgan fingerprint density at radius 1 is 1.00 bits per heavy atom. The molecule has 0 atom stereocenters. The first kappa shape index (κ1) is 18.0. The van der Waals surface area contributed by atoms with Gasteiger partial charge in [-0.3, -0.25) is 4.98 Å². The van der Waals surface area contributed by atoms with E-state index in [1.165, 1.54) is 11.3 Å². The maximum Gasteiger partial charge on any atom is 0.190 e. The number of fused-ring (bicyclic) bond motifs is 1. The first-order valence-corrected chi connectivity index (χ1v) is 10.3. The number of nitrogens with one attached hydrogen (secondary N) is 1. The maximum atomic E-state index is 6.06. The number of nitrogens with zero attached hydrogens (tertiary/aromatic N) is 4. The molecule has 4 aromatic heterocycles. The number of ether oxygens (including phenoxy) is 2. The minimum Gasteiger partial charge on any atom is -0.490 e. The Hall–Kier alpha value is -3.10. The van der Waals surface area contributed by atoms with Gasteiger partial charge < -0.3 is 14.8 Å². The third-order valence-electron chi connectivity index (χ3n) is 4.67. The Morgan fingerprint density at radius 2 is 1.86 bits per heavy atom. The Bertz CT molecular complexity index is 1110. The van der Waals surface area contributed by atoms with Crippen LogP contribution >= 0.6 is 11.3 Å². The average Bonchev–Trinajstić information content (AvgIpc) is 3.17. The van der Waals surface area contributed by atoms with Crippen molar-refractivity contribution in [2.24, 2.45) is 0 Å². The van der Waals surface area contributed by atoms with Crippen molar-refractivity contribution >= 4 is 32.6 Å². The van der Waals surface area contributed by atoms with Crippen molar-refractivity contribution in [3.8, 4) is 17.0 Å². The highest BCUT2D eigenvalue weighted by Crippen LogP contribution is 2.30. The molecule has 146 valence electrons. The van der Waals surface area contributed by atoms with Gasteiger partial charge in [0.1, 0.15) is 28.0 Å². The van der Waals surface area contributed by atoms with E-state index in [1.54, 1.807) is 18.6 Å². The van der Waals surface area contributed by atoms with Gasteiger partial charge in [0.25, 0.3) is 0 Å². The summed E-state index contributed by atoms with van der Waals surface area (Å²) < 4.78 is 11.4. The molecule has 8 heteroatoms. The molecule has 4 aromatic rings. The molecule has 0 saturated carbocycles. The molecule has 29 heavy (non-hydrogen) atoms. The molecule has 0 bridgehead atoms. The van der Waals surface area contributed by atoms with Crippen LogP contribution in [0.3, 0.4) is 0 Å². The lowest BCUT2D eigenvalue weighted by molar-refractivity contribution is 0.0256. The van der Waals surface area contributed by atoms with Crippen LogP contribution < -0.4 is 10.1 Å². The third kappa shape index (κ3) is 4.18. The predicted octanol–water partition coefficient (Wildman–Crippen LogP) is 4.45. The highest BCUT2D eigenvalue weighted by Gasteiger charge is 2.16. The first-order valence-electron chi connectivity index (χ1n) is 9.49. The molecule has 1 saturated heterocycles. The second-order valence-electron chi connectivity index (χ2n) is 6.71. The van der Waals surface area contributed by atoms with Crippen molar-refractivity contribution < 1.29 is 9.47 Å². The van der Waals surface area contributed by atoms with E-state index in [0.717, 1.165) is 58.5 Å². The monoisotopic (exact) mass is 405 g/mol. The number of anilines is 2. The van der Waals surface area contributed by atoms with Crippen molar-refractivity contribution in [2.75, 3.05) is 18.5 Å². The Balaban J connectivity index is 1.34. The van der Waals surface area contributed by atoms with Crippen molar-refractivity contribution in [1.82, 2.24) is 19.9 Å². The van der Waals surface area contributed by atoms with E-state index < -0.39 is 0 Å². The van der Waals surface area contributed by atoms with Gasteiger partial charge >= 0.3 is 0 Å². The standard InChI is InChI=1S/C21H19N5O2S/c1-2-18-20(24-17(1)14-3-8-22-9-4-14)29-21(25-18)26-19-13-16(5-10-23-19)28-15-6-11-27-12-7-15/h1-5,8-10,13,15H,6-7,11-12H2,(H,23,25,26). The number of aromatic nitrogens is 4. The summed E-state index contributed by atoms with van der Waals surface area (Å²) in [5.41, 5.74) is 2.79. The van der Waals surface area contributed by atoms with Crippen molar-refractivity contribution in [3.05, 3.63) is 55.0 Å². The molecule has 7 nitrogen and oxygen atoms in total. The van der Waals surface area contributed by atoms with Crippen LogP contribution in [0.2, 0.25) is 0 Å². The van der Waals surface area contributed by atoms with E-state index in [4.69, 9.17) is 14.5 Å². The van der Waals surface area contributed by atoms with Crippen LogP contribution in [0.25, 0.3) is 21.6 Å². The van der Waals surface area contributed by atoms with Crippen LogP contribution in [-0.2, 0) is 4.74 Å². The van der Waals surface area contributed by atoms with Gasteiger partial charge in [-0.2, -0.15) is 0 Å². The number of thiazole rings is 1. The van der Waals surface area contributed by atoms with Gasteiger partial charge in [0, 0.05) is 43.1 Å². The maximum absolute atomic E-state index is 6.06. The average molecular weight is 405 g/mol. The second kappa shape index (κ2) is 8.10. The summed E-state index contributed by atoms with van der Waals surface area (Å²) in [6, 6.07) is 11.6. The lowest BCUT2D eigenvalue weighted by Gasteiger charge is -2.23. The molecule has 1 N–H and O–H groups in total. The fourth-order valence-corrected chi connectivity index (χ4v) is 4.05. The molecule has 1 aliphatic rings. The minimum absolute atomic E-state index is 0.192. The van der Waals surface area contributed by atoms with Crippen molar-refractivity contribution in [1.29, 1.82) is 0 Å². The molecule has 5 rings (SSSR count). The largest absolute Gasteiger partial charge is 0.490 e. The quantitative estimate of drug-likeness (QED) is 0.525. The van der Waals surface area contributed by atoms with Gasteiger partial charge in [0.15, 0.2) is 5.13 Å². The lowest BCUT2D eigenvalue weighted by atomic mass is 10.1. The smallest absolute Gasteiger partial charge is 0.190 e. The SMILES string of the molecule is c1cc(-c2ccc3nc(Nc4cc(OC5CCOCC5)ccn4)sc3n2)ccn1. The highest BCUT2D eigenvalue weighted by molar-refractivity contribution is 7.21. The number of rotatable bonds is 5. The molecular formula is C21H19N5O2S. The fraction of sp³-hybridized carbons (Fsp3) is 0.238. The summed E-state index contributed by atoms with van der Waals surface area (Å²) in [6.45, 7) is 1.50. The molecule has 0 unspecified atom stereocenters. The van der Waals surface area contributed by atoms with E-state index in [-0.39, 0.29) is 6.10 Å². The number of hydrogen-bond donors (Lipinski definition) is 1. The molecule has 0 aliphatic carbocycles. The normalized spacial score (nSPS) is 14.8. The molecule has 0 radical (unpaired) electrons. The van der Waals surface area contributed by atoms with Crippen LogP contribution in [0.5, 0.6) is 5.75 Å². The van der Waals surface area contributed by atoms with Gasteiger partial charge in [-0.25, -0.2) is 15.0 Å². The van der Waals surface area contributed by atoms with Gasteiger partial charge in [0.2, 0.25) is 0 Å². The molecular weight excluding hydrogens is 386 g/mol. The van der Waals surface area contributed by atoms with Crippen LogP contribution in [0.15, 0.2) is 55.0 Å². The van der Waals surface area contributed by atoms with E-state index in [9.17, 15) is 0 Å². The highest BCUT2D eigenvalue weighted by atomic mass is 32.1. The zero-order valence-electron chi connectivity index (χ0n) is 15.6. The molecule has 1 aliphatic heterocycles. The zero-order chi connectivity index (χ0) is 19.5. The summed E-state index contributed by atoms with van der Waals surface area (Å²) in [6.07, 6.45) is 7.29. The van der Waals surface area contributed by atoms with E-state index in [2.05, 4.69) is 20.3 Å². The van der Waals surface area contributed by atoms with Gasteiger partial charge in [-0.1, -0.05) is 11.3 Å². The first-order chi connectivity index (χ1) is 14.3.